The minimum absolute atomic E-state index is 0.00443. The molecular formula is C34H27FN4O6. The molecule has 2 heterocycles. The second-order valence-electron chi connectivity index (χ2n) is 10.9. The first kappa shape index (κ1) is 29.4. The highest BCUT2D eigenvalue weighted by atomic mass is 19.1. The molecule has 226 valence electrons. The lowest BCUT2D eigenvalue weighted by molar-refractivity contribution is -0.136. The number of rotatable bonds is 8. The van der Waals surface area contributed by atoms with E-state index in [4.69, 9.17) is 0 Å². The molecule has 0 saturated carbocycles. The highest BCUT2D eigenvalue weighted by molar-refractivity contribution is 6.24. The maximum Gasteiger partial charge on any atom is 0.262 e. The first-order chi connectivity index (χ1) is 21.7. The maximum atomic E-state index is 14.9. The molecule has 0 bridgehead atoms. The molecule has 6 rings (SSSR count). The Kier molecular flexibility index (Phi) is 7.91. The zero-order valence-corrected chi connectivity index (χ0v) is 23.9. The third-order valence-electron chi connectivity index (χ3n) is 7.98. The average Bonchev–Trinajstić information content (AvgIpc) is 3.28. The van der Waals surface area contributed by atoms with Crippen LogP contribution in [0.5, 0.6) is 0 Å². The summed E-state index contributed by atoms with van der Waals surface area (Å²) in [6.07, 6.45) is 0.201. The minimum atomic E-state index is -1.11. The average molecular weight is 607 g/mol. The summed E-state index contributed by atoms with van der Waals surface area (Å²) < 4.78 is 14.9. The Balaban J connectivity index is 1.05. The van der Waals surface area contributed by atoms with Crippen molar-refractivity contribution in [2.45, 2.75) is 38.4 Å². The normalized spacial score (nSPS) is 16.0. The van der Waals surface area contributed by atoms with Gasteiger partial charge in [-0.25, -0.2) is 4.39 Å². The fourth-order valence-electron chi connectivity index (χ4n) is 5.62. The van der Waals surface area contributed by atoms with Crippen LogP contribution in [0.3, 0.4) is 0 Å². The summed E-state index contributed by atoms with van der Waals surface area (Å²) in [6, 6.07) is 20.9. The predicted molar refractivity (Wildman–Crippen MR) is 160 cm³/mol. The van der Waals surface area contributed by atoms with Crippen LogP contribution in [0.25, 0.3) is 10.8 Å². The number of hydrogen-bond donors (Lipinski definition) is 3. The van der Waals surface area contributed by atoms with E-state index in [9.17, 15) is 33.2 Å². The molecule has 0 aliphatic carbocycles. The summed E-state index contributed by atoms with van der Waals surface area (Å²) in [4.78, 5) is 75.9. The van der Waals surface area contributed by atoms with Crippen LogP contribution in [0.4, 0.5) is 4.39 Å². The van der Waals surface area contributed by atoms with Gasteiger partial charge in [0.25, 0.3) is 17.7 Å². The number of nitrogens with zero attached hydrogens (tertiary/aromatic N) is 1. The Morgan fingerprint density at radius 2 is 1.60 bits per heavy atom. The third kappa shape index (κ3) is 5.92. The van der Waals surface area contributed by atoms with Crippen LogP contribution in [0.2, 0.25) is 0 Å². The van der Waals surface area contributed by atoms with Crippen LogP contribution in [0, 0.1) is 5.82 Å². The van der Waals surface area contributed by atoms with E-state index in [1.54, 1.807) is 6.07 Å². The van der Waals surface area contributed by atoms with E-state index < -0.39 is 41.4 Å². The molecule has 45 heavy (non-hydrogen) atoms. The Labute approximate surface area is 256 Å². The van der Waals surface area contributed by atoms with Crippen molar-refractivity contribution >= 4 is 46.2 Å². The van der Waals surface area contributed by atoms with Crippen molar-refractivity contribution in [2.24, 2.45) is 0 Å². The molecule has 1 saturated heterocycles. The molecule has 2 aliphatic rings. The quantitative estimate of drug-likeness (QED) is 0.263. The number of carbonyl (C=O) groups is 6. The number of piperidine rings is 1. The van der Waals surface area contributed by atoms with E-state index in [0.29, 0.717) is 5.56 Å². The molecule has 1 fully saturated rings. The molecule has 0 spiro atoms. The standard InChI is InChI=1S/C34H27FN4O6/c35-27-14-19(17-36-30(41)16-21-6-3-5-20-4-1-2-7-24(20)21)8-9-23(27)18-37-31(42)22-10-11-25-26(15-22)34(45)39(33(25)44)28-12-13-29(40)38-32(28)43/h1-11,14-15,28H,12-13,16-18H2,(H,36,41)(H,37,42)(H,38,40,43). The van der Waals surface area contributed by atoms with Gasteiger partial charge in [0.05, 0.1) is 17.5 Å². The fourth-order valence-corrected chi connectivity index (χ4v) is 5.62. The fraction of sp³-hybridized carbons (Fsp3) is 0.176. The van der Waals surface area contributed by atoms with Crippen molar-refractivity contribution in [3.05, 3.63) is 118 Å². The number of nitrogens with one attached hydrogen (secondary N) is 3. The summed E-state index contributed by atoms with van der Waals surface area (Å²) in [6.45, 7) is -0.0182. The van der Waals surface area contributed by atoms with Crippen LogP contribution in [0.1, 0.15) is 60.6 Å². The molecule has 10 nitrogen and oxygen atoms in total. The van der Waals surface area contributed by atoms with Crippen molar-refractivity contribution in [3.63, 3.8) is 0 Å². The number of carbonyl (C=O) groups excluding carboxylic acids is 6. The van der Waals surface area contributed by atoms with Crippen LogP contribution >= 0.6 is 0 Å². The maximum absolute atomic E-state index is 14.9. The van der Waals surface area contributed by atoms with E-state index in [0.717, 1.165) is 21.2 Å². The first-order valence-corrected chi connectivity index (χ1v) is 14.3. The Hall–Kier alpha value is -5.71. The molecule has 0 radical (unpaired) electrons. The molecule has 0 aromatic heterocycles. The number of hydrogen-bond acceptors (Lipinski definition) is 6. The molecule has 1 atom stereocenters. The van der Waals surface area contributed by atoms with Gasteiger partial charge in [-0.05, 0) is 52.6 Å². The monoisotopic (exact) mass is 606 g/mol. The largest absolute Gasteiger partial charge is 0.352 e. The van der Waals surface area contributed by atoms with Crippen molar-refractivity contribution in [2.75, 3.05) is 0 Å². The lowest BCUT2D eigenvalue weighted by Gasteiger charge is -2.27. The highest BCUT2D eigenvalue weighted by Crippen LogP contribution is 2.28. The topological polar surface area (TPSA) is 142 Å². The lowest BCUT2D eigenvalue weighted by Crippen LogP contribution is -2.54. The number of amides is 6. The molecule has 3 N–H and O–H groups in total. The first-order valence-electron chi connectivity index (χ1n) is 14.3. The third-order valence-corrected chi connectivity index (χ3v) is 7.98. The van der Waals surface area contributed by atoms with Gasteiger partial charge in [0.2, 0.25) is 17.7 Å². The Bertz CT molecular complexity index is 1920. The van der Waals surface area contributed by atoms with Crippen LogP contribution in [0.15, 0.2) is 78.9 Å². The van der Waals surface area contributed by atoms with Crippen LogP contribution in [-0.4, -0.2) is 46.4 Å². The van der Waals surface area contributed by atoms with Crippen molar-refractivity contribution in [1.82, 2.24) is 20.9 Å². The number of fused-ring (bicyclic) bond motifs is 2. The zero-order chi connectivity index (χ0) is 31.7. The van der Waals surface area contributed by atoms with Crippen molar-refractivity contribution < 1.29 is 33.2 Å². The summed E-state index contributed by atoms with van der Waals surface area (Å²) in [5.41, 5.74) is 1.75. The second kappa shape index (κ2) is 12.1. The molecule has 1 unspecified atom stereocenters. The Morgan fingerprint density at radius 1 is 0.822 bits per heavy atom. The smallest absolute Gasteiger partial charge is 0.262 e. The van der Waals surface area contributed by atoms with Crippen molar-refractivity contribution in [1.29, 1.82) is 0 Å². The number of imide groups is 2. The summed E-state index contributed by atoms with van der Waals surface area (Å²) in [7, 11) is 0. The van der Waals surface area contributed by atoms with Gasteiger partial charge < -0.3 is 10.6 Å². The second-order valence-corrected chi connectivity index (χ2v) is 10.9. The lowest BCUT2D eigenvalue weighted by atomic mass is 10.0. The van der Waals surface area contributed by atoms with Gasteiger partial charge in [-0.15, -0.1) is 0 Å². The zero-order valence-electron chi connectivity index (χ0n) is 23.9. The highest BCUT2D eigenvalue weighted by Gasteiger charge is 2.44. The van der Waals surface area contributed by atoms with Crippen LogP contribution in [-0.2, 0) is 33.9 Å². The van der Waals surface area contributed by atoms with E-state index in [1.165, 1.54) is 30.3 Å². The number of halogens is 1. The van der Waals surface area contributed by atoms with Crippen molar-refractivity contribution in [3.8, 4) is 0 Å². The molecular weight excluding hydrogens is 579 g/mol. The molecule has 11 heteroatoms. The Morgan fingerprint density at radius 3 is 2.40 bits per heavy atom. The minimum Gasteiger partial charge on any atom is -0.352 e. The molecule has 6 amide bonds. The van der Waals surface area contributed by atoms with Gasteiger partial charge in [-0.2, -0.15) is 0 Å². The SMILES string of the molecule is O=C(Cc1cccc2ccccc12)NCc1ccc(CNC(=O)c2ccc3c(c2)C(=O)N(C2CCC(=O)NC2=O)C3=O)c(F)c1. The number of benzene rings is 4. The van der Waals surface area contributed by atoms with Gasteiger partial charge in [0, 0.05) is 30.6 Å². The van der Waals surface area contributed by atoms with E-state index in [2.05, 4.69) is 16.0 Å². The van der Waals surface area contributed by atoms with Gasteiger partial charge in [-0.3, -0.25) is 39.0 Å². The van der Waals surface area contributed by atoms with Crippen LogP contribution < -0.4 is 16.0 Å². The van der Waals surface area contributed by atoms with Gasteiger partial charge in [-0.1, -0.05) is 54.6 Å². The molecule has 2 aliphatic heterocycles. The van der Waals surface area contributed by atoms with Gasteiger partial charge in [0.15, 0.2) is 0 Å². The molecule has 4 aromatic carbocycles. The summed E-state index contributed by atoms with van der Waals surface area (Å²) in [5, 5.41) is 9.61. The van der Waals surface area contributed by atoms with Gasteiger partial charge in [0.1, 0.15) is 11.9 Å². The van der Waals surface area contributed by atoms with Gasteiger partial charge >= 0.3 is 0 Å². The molecule has 4 aromatic rings. The van der Waals surface area contributed by atoms with E-state index >= 15 is 0 Å². The summed E-state index contributed by atoms with van der Waals surface area (Å²) in [5.74, 6) is -3.97. The predicted octanol–water partition coefficient (Wildman–Crippen LogP) is 3.17. The van der Waals surface area contributed by atoms with E-state index in [1.807, 2.05) is 42.5 Å². The summed E-state index contributed by atoms with van der Waals surface area (Å²) >= 11 is 0. The van der Waals surface area contributed by atoms with E-state index in [-0.39, 0.29) is 60.5 Å².